The molecule has 0 aromatic carbocycles. The molecule has 0 saturated carbocycles. The summed E-state index contributed by atoms with van der Waals surface area (Å²) in [5.41, 5.74) is 0. The van der Waals surface area contributed by atoms with Crippen molar-refractivity contribution in [2.45, 2.75) is 25.0 Å². The minimum absolute atomic E-state index is 0.243. The first-order valence-electron chi connectivity index (χ1n) is 5.73. The van der Waals surface area contributed by atoms with Gasteiger partial charge in [0.05, 0.1) is 13.2 Å². The molecular weight excluding hydrogens is 238 g/mol. The van der Waals surface area contributed by atoms with Crippen LogP contribution in [0.15, 0.2) is 17.5 Å². The normalized spacial score (nSPS) is 25.1. The van der Waals surface area contributed by atoms with Crippen LogP contribution in [0.2, 0.25) is 0 Å². The molecule has 0 aliphatic carbocycles. The average molecular weight is 255 g/mol. The fourth-order valence-electron chi connectivity index (χ4n) is 2.22. The number of ether oxygens (including phenoxy) is 1. The number of carbonyl (C=O) groups is 1. The smallest absolute Gasteiger partial charge is 0.323 e. The second kappa shape index (κ2) is 5.62. The topological polar surface area (TPSA) is 49.8 Å². The fourth-order valence-corrected chi connectivity index (χ4v) is 2.91. The predicted molar refractivity (Wildman–Crippen MR) is 66.0 cm³/mol. The Morgan fingerprint density at radius 2 is 2.53 bits per heavy atom. The van der Waals surface area contributed by atoms with Gasteiger partial charge in [0.25, 0.3) is 0 Å². The highest BCUT2D eigenvalue weighted by molar-refractivity contribution is 7.09. The summed E-state index contributed by atoms with van der Waals surface area (Å²) >= 11 is 1.72. The summed E-state index contributed by atoms with van der Waals surface area (Å²) in [6.07, 6.45) is 0.983. The molecule has 0 spiro atoms. The van der Waals surface area contributed by atoms with Crippen LogP contribution in [0.1, 0.15) is 11.3 Å². The summed E-state index contributed by atoms with van der Waals surface area (Å²) < 4.78 is 4.76. The second-order valence-corrected chi connectivity index (χ2v) is 5.29. The van der Waals surface area contributed by atoms with Crippen molar-refractivity contribution >= 4 is 17.3 Å². The first-order chi connectivity index (χ1) is 8.20. The SMILES string of the molecule is COC(=O)C1CC(O)CN1CCc1cccs1. The van der Waals surface area contributed by atoms with Gasteiger partial charge >= 0.3 is 5.97 Å². The van der Waals surface area contributed by atoms with Gasteiger partial charge in [-0.05, 0) is 17.9 Å². The molecule has 1 N–H and O–H groups in total. The van der Waals surface area contributed by atoms with Crippen molar-refractivity contribution in [3.63, 3.8) is 0 Å². The van der Waals surface area contributed by atoms with Gasteiger partial charge in [0.2, 0.25) is 0 Å². The first kappa shape index (κ1) is 12.5. The van der Waals surface area contributed by atoms with Crippen molar-refractivity contribution in [2.24, 2.45) is 0 Å². The van der Waals surface area contributed by atoms with Gasteiger partial charge in [-0.25, -0.2) is 0 Å². The van der Waals surface area contributed by atoms with Crippen molar-refractivity contribution < 1.29 is 14.6 Å². The standard InChI is InChI=1S/C12H17NO3S/c1-16-12(15)11-7-9(14)8-13(11)5-4-10-3-2-6-17-10/h2-3,6,9,11,14H,4-5,7-8H2,1H3. The van der Waals surface area contributed by atoms with Gasteiger partial charge in [-0.15, -0.1) is 11.3 Å². The van der Waals surface area contributed by atoms with Gasteiger partial charge in [-0.3, -0.25) is 9.69 Å². The van der Waals surface area contributed by atoms with Gasteiger partial charge in [0, 0.05) is 24.4 Å². The molecule has 1 fully saturated rings. The lowest BCUT2D eigenvalue weighted by Crippen LogP contribution is -2.38. The lowest BCUT2D eigenvalue weighted by Gasteiger charge is -2.21. The monoisotopic (exact) mass is 255 g/mol. The Labute approximate surface area is 105 Å². The Balaban J connectivity index is 1.91. The number of methoxy groups -OCH3 is 1. The predicted octanol–water partition coefficient (Wildman–Crippen LogP) is 0.899. The van der Waals surface area contributed by atoms with Gasteiger partial charge in [-0.1, -0.05) is 6.07 Å². The van der Waals surface area contributed by atoms with Crippen LogP contribution in [-0.4, -0.2) is 48.3 Å². The molecule has 2 heterocycles. The van der Waals surface area contributed by atoms with Gasteiger partial charge in [0.1, 0.15) is 6.04 Å². The van der Waals surface area contributed by atoms with E-state index in [1.165, 1.54) is 12.0 Å². The van der Waals surface area contributed by atoms with Gasteiger partial charge < -0.3 is 9.84 Å². The van der Waals surface area contributed by atoms with E-state index in [1.807, 2.05) is 16.3 Å². The van der Waals surface area contributed by atoms with E-state index in [0.717, 1.165) is 13.0 Å². The zero-order valence-electron chi connectivity index (χ0n) is 9.83. The summed E-state index contributed by atoms with van der Waals surface area (Å²) in [5.74, 6) is -0.243. The molecule has 1 aromatic heterocycles. The van der Waals surface area contributed by atoms with E-state index in [4.69, 9.17) is 4.74 Å². The van der Waals surface area contributed by atoms with Crippen LogP contribution < -0.4 is 0 Å². The largest absolute Gasteiger partial charge is 0.468 e. The number of rotatable bonds is 4. The Bertz CT molecular complexity index is 366. The Morgan fingerprint density at radius 3 is 3.18 bits per heavy atom. The highest BCUT2D eigenvalue weighted by atomic mass is 32.1. The van der Waals surface area contributed by atoms with Crippen molar-refractivity contribution in [2.75, 3.05) is 20.2 Å². The molecule has 1 aliphatic rings. The third-order valence-corrected chi connectivity index (χ3v) is 4.02. The number of esters is 1. The molecule has 17 heavy (non-hydrogen) atoms. The zero-order chi connectivity index (χ0) is 12.3. The van der Waals surface area contributed by atoms with E-state index in [2.05, 4.69) is 6.07 Å². The maximum absolute atomic E-state index is 11.6. The highest BCUT2D eigenvalue weighted by Gasteiger charge is 2.36. The van der Waals surface area contributed by atoms with Crippen LogP contribution >= 0.6 is 11.3 Å². The van der Waals surface area contributed by atoms with E-state index < -0.39 is 6.10 Å². The summed E-state index contributed by atoms with van der Waals surface area (Å²) in [6.45, 7) is 1.35. The van der Waals surface area contributed by atoms with Crippen LogP contribution in [0.25, 0.3) is 0 Å². The summed E-state index contributed by atoms with van der Waals surface area (Å²) in [6, 6.07) is 3.83. The van der Waals surface area contributed by atoms with Crippen molar-refractivity contribution in [3.8, 4) is 0 Å². The van der Waals surface area contributed by atoms with Crippen LogP contribution in [0.3, 0.4) is 0 Å². The zero-order valence-corrected chi connectivity index (χ0v) is 10.7. The van der Waals surface area contributed by atoms with Crippen LogP contribution in [0, 0.1) is 0 Å². The quantitative estimate of drug-likeness (QED) is 0.812. The number of hydrogen-bond donors (Lipinski definition) is 1. The highest BCUT2D eigenvalue weighted by Crippen LogP contribution is 2.20. The Hall–Kier alpha value is -0.910. The number of nitrogens with zero attached hydrogens (tertiary/aromatic N) is 1. The molecule has 5 heteroatoms. The number of likely N-dealkylation sites (tertiary alicyclic amines) is 1. The first-order valence-corrected chi connectivity index (χ1v) is 6.61. The Kier molecular flexibility index (Phi) is 4.15. The molecule has 4 nitrogen and oxygen atoms in total. The van der Waals surface area contributed by atoms with Crippen molar-refractivity contribution in [3.05, 3.63) is 22.4 Å². The Morgan fingerprint density at radius 1 is 1.71 bits per heavy atom. The van der Waals surface area contributed by atoms with E-state index in [1.54, 1.807) is 11.3 Å². The number of aliphatic hydroxyl groups excluding tert-OH is 1. The molecule has 2 atom stereocenters. The lowest BCUT2D eigenvalue weighted by atomic mass is 10.2. The number of aliphatic hydroxyl groups is 1. The second-order valence-electron chi connectivity index (χ2n) is 4.25. The van der Waals surface area contributed by atoms with Crippen LogP contribution in [0.5, 0.6) is 0 Å². The molecule has 0 amide bonds. The number of β-amino-alcohol motifs (C(OH)–C–C–N with tert-alkyl or cyclic N) is 1. The van der Waals surface area contributed by atoms with Crippen LogP contribution in [-0.2, 0) is 16.0 Å². The molecule has 0 bridgehead atoms. The third kappa shape index (κ3) is 3.06. The number of thiophene rings is 1. The van der Waals surface area contributed by atoms with E-state index in [9.17, 15) is 9.90 Å². The summed E-state index contributed by atoms with van der Waals surface area (Å²) in [4.78, 5) is 14.9. The molecule has 2 unspecified atom stereocenters. The third-order valence-electron chi connectivity index (χ3n) is 3.08. The molecule has 2 rings (SSSR count). The minimum atomic E-state index is -0.414. The molecule has 94 valence electrons. The molecule has 1 aromatic rings. The van der Waals surface area contributed by atoms with Crippen LogP contribution in [0.4, 0.5) is 0 Å². The number of carbonyl (C=O) groups excluding carboxylic acids is 1. The maximum Gasteiger partial charge on any atom is 0.323 e. The molecule has 1 aliphatic heterocycles. The van der Waals surface area contributed by atoms with E-state index in [-0.39, 0.29) is 12.0 Å². The molecule has 0 radical (unpaired) electrons. The lowest BCUT2D eigenvalue weighted by molar-refractivity contribution is -0.145. The average Bonchev–Trinajstić information content (AvgIpc) is 2.94. The van der Waals surface area contributed by atoms with Gasteiger partial charge in [0.15, 0.2) is 0 Å². The van der Waals surface area contributed by atoms with Crippen molar-refractivity contribution in [1.29, 1.82) is 0 Å². The fraction of sp³-hybridized carbons (Fsp3) is 0.583. The maximum atomic E-state index is 11.6. The summed E-state index contributed by atoms with van der Waals surface area (Å²) in [7, 11) is 1.39. The van der Waals surface area contributed by atoms with E-state index >= 15 is 0 Å². The minimum Gasteiger partial charge on any atom is -0.468 e. The summed E-state index contributed by atoms with van der Waals surface area (Å²) in [5, 5.41) is 11.7. The molecule has 1 saturated heterocycles. The number of hydrogen-bond acceptors (Lipinski definition) is 5. The van der Waals surface area contributed by atoms with E-state index in [0.29, 0.717) is 13.0 Å². The van der Waals surface area contributed by atoms with Gasteiger partial charge in [-0.2, -0.15) is 0 Å². The van der Waals surface area contributed by atoms with Crippen molar-refractivity contribution in [1.82, 2.24) is 4.90 Å². The molecular formula is C12H17NO3S.